The zero-order valence-corrected chi connectivity index (χ0v) is 19.4. The number of halogens is 1. The first-order chi connectivity index (χ1) is 12.1. The first-order valence-electron chi connectivity index (χ1n) is 8.96. The van der Waals surface area contributed by atoms with Crippen LogP contribution in [0.5, 0.6) is 0 Å². The van der Waals surface area contributed by atoms with Crippen LogP contribution in [0.25, 0.3) is 0 Å². The smallest absolute Gasteiger partial charge is 0.410 e. The molecular formula is C18H34IN5O3. The van der Waals surface area contributed by atoms with E-state index >= 15 is 0 Å². The molecule has 0 bridgehead atoms. The summed E-state index contributed by atoms with van der Waals surface area (Å²) < 4.78 is 5.45. The summed E-state index contributed by atoms with van der Waals surface area (Å²) in [7, 11) is 3.39. The van der Waals surface area contributed by atoms with E-state index in [2.05, 4.69) is 22.2 Å². The second-order valence-corrected chi connectivity index (χ2v) is 7.53. The summed E-state index contributed by atoms with van der Waals surface area (Å²) in [6, 6.07) is 0.0433. The number of ether oxygens (including phenoxy) is 1. The average Bonchev–Trinajstić information content (AvgIpc) is 2.55. The molecular weight excluding hydrogens is 461 g/mol. The van der Waals surface area contributed by atoms with E-state index in [-0.39, 0.29) is 48.6 Å². The lowest BCUT2D eigenvalue weighted by molar-refractivity contribution is -0.127. The summed E-state index contributed by atoms with van der Waals surface area (Å²) in [6.45, 7) is 11.1. The van der Waals surface area contributed by atoms with E-state index in [1.165, 1.54) is 4.90 Å². The second kappa shape index (κ2) is 12.0. The van der Waals surface area contributed by atoms with Gasteiger partial charge in [-0.1, -0.05) is 6.08 Å². The van der Waals surface area contributed by atoms with Crippen LogP contribution in [0.3, 0.4) is 0 Å². The van der Waals surface area contributed by atoms with Gasteiger partial charge in [0.05, 0.1) is 0 Å². The first-order valence-corrected chi connectivity index (χ1v) is 8.96. The molecule has 1 unspecified atom stereocenters. The molecule has 0 saturated carbocycles. The molecule has 1 saturated heterocycles. The van der Waals surface area contributed by atoms with E-state index in [9.17, 15) is 9.59 Å². The Hall–Kier alpha value is -1.52. The Morgan fingerprint density at radius 3 is 2.59 bits per heavy atom. The highest BCUT2D eigenvalue weighted by Crippen LogP contribution is 2.15. The molecule has 0 aliphatic carbocycles. The molecule has 8 nitrogen and oxygen atoms in total. The van der Waals surface area contributed by atoms with Crippen LogP contribution < -0.4 is 10.6 Å². The number of guanidine groups is 1. The topological polar surface area (TPSA) is 86.3 Å². The SMILES string of the molecule is C=CCNC(=NCC(=O)N(C)C)NC1CCCN(C(=O)OC(C)(C)C)C1.I. The van der Waals surface area contributed by atoms with Crippen LogP contribution in [-0.4, -0.2) is 79.7 Å². The Bertz CT molecular complexity index is 532. The molecule has 1 aliphatic rings. The van der Waals surface area contributed by atoms with Crippen molar-refractivity contribution < 1.29 is 14.3 Å². The summed E-state index contributed by atoms with van der Waals surface area (Å²) in [5.74, 6) is 0.458. The Morgan fingerprint density at radius 2 is 2.04 bits per heavy atom. The lowest BCUT2D eigenvalue weighted by atomic mass is 10.1. The monoisotopic (exact) mass is 495 g/mol. The minimum atomic E-state index is -0.512. The number of amides is 2. The number of hydrogen-bond acceptors (Lipinski definition) is 4. The number of rotatable bonds is 5. The number of carbonyl (C=O) groups excluding carboxylic acids is 2. The summed E-state index contributed by atoms with van der Waals surface area (Å²) in [4.78, 5) is 31.6. The third kappa shape index (κ3) is 10.4. The highest BCUT2D eigenvalue weighted by molar-refractivity contribution is 14.0. The van der Waals surface area contributed by atoms with Crippen LogP contribution in [0.4, 0.5) is 4.79 Å². The van der Waals surface area contributed by atoms with Gasteiger partial charge in [-0.3, -0.25) is 4.79 Å². The van der Waals surface area contributed by atoms with Crippen molar-refractivity contribution in [3.8, 4) is 0 Å². The molecule has 9 heteroatoms. The van der Waals surface area contributed by atoms with Gasteiger partial charge < -0.3 is 25.2 Å². The van der Waals surface area contributed by atoms with Gasteiger partial charge in [-0.2, -0.15) is 0 Å². The quantitative estimate of drug-likeness (QED) is 0.263. The predicted molar refractivity (Wildman–Crippen MR) is 119 cm³/mol. The average molecular weight is 495 g/mol. The number of carbonyl (C=O) groups is 2. The van der Waals surface area contributed by atoms with Crippen molar-refractivity contribution in [2.24, 2.45) is 4.99 Å². The molecule has 0 radical (unpaired) electrons. The summed E-state index contributed by atoms with van der Waals surface area (Å²) in [6.07, 6.45) is 3.21. The summed E-state index contributed by atoms with van der Waals surface area (Å²) in [5, 5.41) is 6.41. The van der Waals surface area contributed by atoms with Gasteiger partial charge in [0.2, 0.25) is 5.91 Å². The van der Waals surface area contributed by atoms with Crippen LogP contribution in [0.15, 0.2) is 17.6 Å². The molecule has 1 rings (SSSR count). The van der Waals surface area contributed by atoms with Crippen molar-refractivity contribution in [2.75, 3.05) is 40.3 Å². The van der Waals surface area contributed by atoms with Gasteiger partial charge >= 0.3 is 6.09 Å². The van der Waals surface area contributed by atoms with E-state index in [0.29, 0.717) is 25.6 Å². The number of likely N-dealkylation sites (tertiary alicyclic amines) is 1. The number of nitrogens with one attached hydrogen (secondary N) is 2. The highest BCUT2D eigenvalue weighted by Gasteiger charge is 2.28. The number of piperidine rings is 1. The Kier molecular flexibility index (Phi) is 11.4. The Labute approximate surface area is 179 Å². The molecule has 0 aromatic rings. The molecule has 156 valence electrons. The maximum atomic E-state index is 12.3. The molecule has 0 aromatic carbocycles. The van der Waals surface area contributed by atoms with Gasteiger partial charge in [0.15, 0.2) is 5.96 Å². The molecule has 27 heavy (non-hydrogen) atoms. The van der Waals surface area contributed by atoms with Crippen molar-refractivity contribution in [1.82, 2.24) is 20.4 Å². The maximum Gasteiger partial charge on any atom is 0.410 e. The van der Waals surface area contributed by atoms with Crippen molar-refractivity contribution >= 4 is 41.9 Å². The number of nitrogens with zero attached hydrogens (tertiary/aromatic N) is 3. The van der Waals surface area contributed by atoms with E-state index in [0.717, 1.165) is 12.8 Å². The molecule has 1 heterocycles. The molecule has 1 fully saturated rings. The second-order valence-electron chi connectivity index (χ2n) is 7.53. The molecule has 0 aromatic heterocycles. The van der Waals surface area contributed by atoms with Gasteiger partial charge in [0, 0.05) is 39.8 Å². The normalized spacial score (nSPS) is 17.4. The van der Waals surface area contributed by atoms with Crippen LogP contribution in [-0.2, 0) is 9.53 Å². The summed E-state index contributed by atoms with van der Waals surface area (Å²) in [5.41, 5.74) is -0.512. The number of aliphatic imine (C=N–C) groups is 1. The number of likely N-dealkylation sites (N-methyl/N-ethyl adjacent to an activating group) is 1. The predicted octanol–water partition coefficient (Wildman–Crippen LogP) is 1.81. The molecule has 1 aliphatic heterocycles. The largest absolute Gasteiger partial charge is 0.444 e. The Balaban J connectivity index is 0.00000676. The van der Waals surface area contributed by atoms with Crippen molar-refractivity contribution in [2.45, 2.75) is 45.3 Å². The van der Waals surface area contributed by atoms with Crippen LogP contribution in [0.1, 0.15) is 33.6 Å². The minimum Gasteiger partial charge on any atom is -0.444 e. The van der Waals surface area contributed by atoms with Crippen LogP contribution in [0, 0.1) is 0 Å². The van der Waals surface area contributed by atoms with Crippen molar-refractivity contribution in [1.29, 1.82) is 0 Å². The highest BCUT2D eigenvalue weighted by atomic mass is 127. The van der Waals surface area contributed by atoms with E-state index in [1.807, 2.05) is 20.8 Å². The molecule has 1 atom stereocenters. The third-order valence-electron chi connectivity index (χ3n) is 3.70. The summed E-state index contributed by atoms with van der Waals surface area (Å²) >= 11 is 0. The van der Waals surface area contributed by atoms with Gasteiger partial charge in [0.1, 0.15) is 12.1 Å². The Morgan fingerprint density at radius 1 is 1.37 bits per heavy atom. The minimum absolute atomic E-state index is 0. The zero-order chi connectivity index (χ0) is 19.7. The fraction of sp³-hybridized carbons (Fsp3) is 0.722. The van der Waals surface area contributed by atoms with Gasteiger partial charge in [-0.15, -0.1) is 30.6 Å². The number of hydrogen-bond donors (Lipinski definition) is 2. The fourth-order valence-electron chi connectivity index (χ4n) is 2.39. The van der Waals surface area contributed by atoms with Crippen molar-refractivity contribution in [3.63, 3.8) is 0 Å². The van der Waals surface area contributed by atoms with Gasteiger partial charge in [0.25, 0.3) is 0 Å². The lowest BCUT2D eigenvalue weighted by Crippen LogP contribution is -2.53. The molecule has 2 N–H and O–H groups in total. The van der Waals surface area contributed by atoms with E-state index in [1.54, 1.807) is 25.1 Å². The van der Waals surface area contributed by atoms with Crippen LogP contribution in [0.2, 0.25) is 0 Å². The van der Waals surface area contributed by atoms with E-state index < -0.39 is 5.60 Å². The molecule has 2 amide bonds. The fourth-order valence-corrected chi connectivity index (χ4v) is 2.39. The van der Waals surface area contributed by atoms with Crippen molar-refractivity contribution in [3.05, 3.63) is 12.7 Å². The third-order valence-corrected chi connectivity index (χ3v) is 3.70. The van der Waals surface area contributed by atoms with Gasteiger partial charge in [-0.05, 0) is 33.6 Å². The van der Waals surface area contributed by atoms with Gasteiger partial charge in [-0.25, -0.2) is 9.79 Å². The molecule has 0 spiro atoms. The van der Waals surface area contributed by atoms with Crippen LogP contribution >= 0.6 is 24.0 Å². The maximum absolute atomic E-state index is 12.3. The lowest BCUT2D eigenvalue weighted by Gasteiger charge is -2.35. The first kappa shape index (κ1) is 25.5. The zero-order valence-electron chi connectivity index (χ0n) is 17.1. The standard InChI is InChI=1S/C18H33N5O3.HI/c1-7-10-19-16(20-12-15(24)22(5)6)21-14-9-8-11-23(13-14)17(25)26-18(2,3)4;/h7,14H,1,8-13H2,2-6H3,(H2,19,20,21);1H. The van der Waals surface area contributed by atoms with E-state index in [4.69, 9.17) is 4.74 Å².